The van der Waals surface area contributed by atoms with Crippen LogP contribution >= 0.6 is 0 Å². The van der Waals surface area contributed by atoms with E-state index in [4.69, 9.17) is 4.74 Å². The highest BCUT2D eigenvalue weighted by Gasteiger charge is 2.09. The number of rotatable bonds is 5. The van der Waals surface area contributed by atoms with E-state index in [9.17, 15) is 9.59 Å². The first-order valence-corrected chi connectivity index (χ1v) is 8.27. The number of anilines is 2. The highest BCUT2D eigenvalue weighted by atomic mass is 16.5. The number of carbonyl (C=O) groups is 2. The lowest BCUT2D eigenvalue weighted by Crippen LogP contribution is -2.17. The zero-order valence-corrected chi connectivity index (χ0v) is 15.1. The van der Waals surface area contributed by atoms with Gasteiger partial charge in [-0.1, -0.05) is 37.1 Å². The molecule has 5 heteroatoms. The van der Waals surface area contributed by atoms with Gasteiger partial charge in [0.05, 0.1) is 6.61 Å². The Labute approximate surface area is 148 Å². The van der Waals surface area contributed by atoms with Crippen molar-refractivity contribution in [1.82, 2.24) is 0 Å². The van der Waals surface area contributed by atoms with E-state index < -0.39 is 6.09 Å². The Morgan fingerprint density at radius 3 is 2.16 bits per heavy atom. The molecule has 0 spiro atoms. The molecule has 25 heavy (non-hydrogen) atoms. The van der Waals surface area contributed by atoms with Gasteiger partial charge in [0.2, 0.25) is 0 Å². The number of benzene rings is 2. The van der Waals surface area contributed by atoms with Gasteiger partial charge in [-0.15, -0.1) is 0 Å². The zero-order valence-electron chi connectivity index (χ0n) is 15.1. The maximum Gasteiger partial charge on any atom is 0.411 e. The molecule has 0 atom stereocenters. The van der Waals surface area contributed by atoms with Crippen molar-refractivity contribution in [3.63, 3.8) is 0 Å². The molecule has 0 saturated carbocycles. The first-order chi connectivity index (χ1) is 11.8. The first-order valence-electron chi connectivity index (χ1n) is 8.27. The molecule has 0 aliphatic rings. The molecule has 2 aromatic carbocycles. The molecule has 2 N–H and O–H groups in total. The van der Waals surface area contributed by atoms with Crippen LogP contribution in [-0.2, 0) is 4.74 Å². The van der Waals surface area contributed by atoms with Gasteiger partial charge in [-0.2, -0.15) is 0 Å². The van der Waals surface area contributed by atoms with Gasteiger partial charge in [-0.05, 0) is 50.1 Å². The van der Waals surface area contributed by atoms with Gasteiger partial charge < -0.3 is 10.1 Å². The number of carbonyl (C=O) groups excluding carboxylic acids is 2. The van der Waals surface area contributed by atoms with E-state index in [0.29, 0.717) is 23.5 Å². The summed E-state index contributed by atoms with van der Waals surface area (Å²) in [6.07, 6.45) is -0.508. The molecule has 0 heterocycles. The zero-order chi connectivity index (χ0) is 18.4. The average molecular weight is 340 g/mol. The lowest BCUT2D eigenvalue weighted by Gasteiger charge is -2.11. The fourth-order valence-corrected chi connectivity index (χ4v) is 2.38. The van der Waals surface area contributed by atoms with Crippen molar-refractivity contribution in [2.75, 3.05) is 17.2 Å². The van der Waals surface area contributed by atoms with Crippen molar-refractivity contribution >= 4 is 23.4 Å². The third-order valence-electron chi connectivity index (χ3n) is 3.40. The summed E-state index contributed by atoms with van der Waals surface area (Å²) in [5, 5.41) is 5.50. The topological polar surface area (TPSA) is 67.4 Å². The Balaban J connectivity index is 2.03. The monoisotopic (exact) mass is 340 g/mol. The molecule has 132 valence electrons. The molecule has 0 radical (unpaired) electrons. The summed E-state index contributed by atoms with van der Waals surface area (Å²) >= 11 is 0. The number of amides is 2. The van der Waals surface area contributed by atoms with E-state index in [1.165, 1.54) is 0 Å². The Morgan fingerprint density at radius 1 is 0.960 bits per heavy atom. The summed E-state index contributed by atoms with van der Waals surface area (Å²) < 4.78 is 5.09. The second-order valence-electron chi connectivity index (χ2n) is 6.53. The van der Waals surface area contributed by atoms with Gasteiger partial charge in [0.15, 0.2) is 0 Å². The predicted molar refractivity (Wildman–Crippen MR) is 100 cm³/mol. The van der Waals surface area contributed by atoms with Crippen molar-refractivity contribution in [2.45, 2.75) is 27.7 Å². The molecule has 5 nitrogen and oxygen atoms in total. The van der Waals surface area contributed by atoms with Crippen LogP contribution in [0.25, 0.3) is 0 Å². The summed E-state index contributed by atoms with van der Waals surface area (Å²) in [4.78, 5) is 24.1. The third kappa shape index (κ3) is 5.95. The van der Waals surface area contributed by atoms with E-state index in [1.54, 1.807) is 24.3 Å². The number of hydrogen-bond donors (Lipinski definition) is 2. The van der Waals surface area contributed by atoms with Crippen LogP contribution in [0.15, 0.2) is 42.5 Å². The molecule has 0 saturated heterocycles. The summed E-state index contributed by atoms with van der Waals surface area (Å²) in [6, 6.07) is 12.7. The van der Waals surface area contributed by atoms with Crippen molar-refractivity contribution in [2.24, 2.45) is 5.92 Å². The maximum absolute atomic E-state index is 12.4. The normalized spacial score (nSPS) is 10.4. The molecule has 0 unspecified atom stereocenters. The lowest BCUT2D eigenvalue weighted by atomic mass is 10.1. The molecular formula is C20H24N2O3. The van der Waals surface area contributed by atoms with E-state index in [0.717, 1.165) is 11.1 Å². The molecule has 0 aliphatic heterocycles. The van der Waals surface area contributed by atoms with Crippen LogP contribution in [0, 0.1) is 19.8 Å². The minimum atomic E-state index is -0.508. The molecule has 2 aromatic rings. The molecule has 0 fully saturated rings. The second kappa shape index (κ2) is 8.33. The highest BCUT2D eigenvalue weighted by Crippen LogP contribution is 2.17. The average Bonchev–Trinajstić information content (AvgIpc) is 2.52. The van der Waals surface area contributed by atoms with Crippen LogP contribution < -0.4 is 10.6 Å². The largest absolute Gasteiger partial charge is 0.449 e. The van der Waals surface area contributed by atoms with Crippen LogP contribution in [0.3, 0.4) is 0 Å². The van der Waals surface area contributed by atoms with Crippen molar-refractivity contribution < 1.29 is 14.3 Å². The van der Waals surface area contributed by atoms with Gasteiger partial charge in [0.25, 0.3) is 5.91 Å². The molecule has 2 amide bonds. The summed E-state index contributed by atoms with van der Waals surface area (Å²) in [6.45, 7) is 8.20. The van der Waals surface area contributed by atoms with Crippen LogP contribution in [0.2, 0.25) is 0 Å². The van der Waals surface area contributed by atoms with Gasteiger partial charge in [0.1, 0.15) is 0 Å². The Hall–Kier alpha value is -2.82. The third-order valence-corrected chi connectivity index (χ3v) is 3.40. The fraction of sp³-hybridized carbons (Fsp3) is 0.300. The molecule has 0 aromatic heterocycles. The smallest absolute Gasteiger partial charge is 0.411 e. The Kier molecular flexibility index (Phi) is 6.17. The fourth-order valence-electron chi connectivity index (χ4n) is 2.38. The first kappa shape index (κ1) is 18.5. The summed E-state index contributed by atoms with van der Waals surface area (Å²) in [5.74, 6) is 0.0838. The molecular weight excluding hydrogens is 316 g/mol. The van der Waals surface area contributed by atoms with Crippen LogP contribution in [0.5, 0.6) is 0 Å². The minimum absolute atomic E-state index is 0.189. The van der Waals surface area contributed by atoms with E-state index in [-0.39, 0.29) is 11.8 Å². The van der Waals surface area contributed by atoms with Gasteiger partial charge in [-0.3, -0.25) is 10.1 Å². The van der Waals surface area contributed by atoms with Crippen molar-refractivity contribution in [3.8, 4) is 0 Å². The lowest BCUT2D eigenvalue weighted by molar-refractivity contribution is 0.102. The van der Waals surface area contributed by atoms with Gasteiger partial charge >= 0.3 is 6.09 Å². The molecule has 2 rings (SSSR count). The number of hydrogen-bond acceptors (Lipinski definition) is 3. The molecule has 0 bridgehead atoms. The Bertz CT molecular complexity index is 749. The summed E-state index contributed by atoms with van der Waals surface area (Å²) in [7, 11) is 0. The standard InChI is InChI=1S/C20H24N2O3/c1-13(2)12-25-20(24)22-18-7-5-6-17(11-18)21-19(23)16-9-14(3)8-15(4)10-16/h5-11,13H,12H2,1-4H3,(H,21,23)(H,22,24). The van der Waals surface area contributed by atoms with Gasteiger partial charge in [-0.25, -0.2) is 4.79 Å². The van der Waals surface area contributed by atoms with Gasteiger partial charge in [0, 0.05) is 16.9 Å². The van der Waals surface area contributed by atoms with Crippen LogP contribution in [0.4, 0.5) is 16.2 Å². The van der Waals surface area contributed by atoms with Crippen molar-refractivity contribution in [1.29, 1.82) is 0 Å². The predicted octanol–water partition coefficient (Wildman–Crippen LogP) is 4.76. The SMILES string of the molecule is Cc1cc(C)cc(C(=O)Nc2cccc(NC(=O)OCC(C)C)c2)c1. The molecule has 0 aliphatic carbocycles. The Morgan fingerprint density at radius 2 is 1.56 bits per heavy atom. The number of ether oxygens (including phenoxy) is 1. The van der Waals surface area contributed by atoms with E-state index in [2.05, 4.69) is 10.6 Å². The highest BCUT2D eigenvalue weighted by molar-refractivity contribution is 6.04. The van der Waals surface area contributed by atoms with Crippen molar-refractivity contribution in [3.05, 3.63) is 59.2 Å². The van der Waals surface area contributed by atoms with Crippen LogP contribution in [0.1, 0.15) is 35.3 Å². The van der Waals surface area contributed by atoms with Crippen LogP contribution in [-0.4, -0.2) is 18.6 Å². The number of nitrogens with one attached hydrogen (secondary N) is 2. The van der Waals surface area contributed by atoms with E-state index >= 15 is 0 Å². The quantitative estimate of drug-likeness (QED) is 0.824. The summed E-state index contributed by atoms with van der Waals surface area (Å²) in [5.41, 5.74) is 3.84. The van der Waals surface area contributed by atoms with E-state index in [1.807, 2.05) is 45.9 Å². The maximum atomic E-state index is 12.4. The minimum Gasteiger partial charge on any atom is -0.449 e. The second-order valence-corrected chi connectivity index (χ2v) is 6.53. The number of aryl methyl sites for hydroxylation is 2.